The van der Waals surface area contributed by atoms with Crippen molar-refractivity contribution in [3.05, 3.63) is 82.6 Å². The maximum absolute atomic E-state index is 14.7. The zero-order valence-electron chi connectivity index (χ0n) is 33.8. The molecule has 55 heavy (non-hydrogen) atoms. The summed E-state index contributed by atoms with van der Waals surface area (Å²) < 4.78 is 2.43. The molecule has 10 nitrogen and oxygen atoms in total. The summed E-state index contributed by atoms with van der Waals surface area (Å²) in [6, 6.07) is 12.1. The van der Waals surface area contributed by atoms with E-state index in [-0.39, 0.29) is 36.1 Å². The van der Waals surface area contributed by atoms with Crippen molar-refractivity contribution in [3.63, 3.8) is 0 Å². The predicted molar refractivity (Wildman–Crippen MR) is 219 cm³/mol. The number of fused-ring (bicyclic) bond motifs is 5. The lowest BCUT2D eigenvalue weighted by Crippen LogP contribution is -2.55. The molecule has 3 atom stereocenters. The number of hydrogen-bond donors (Lipinski definition) is 5. The average molecular weight is 753 g/mol. The Hall–Kier alpha value is -4.73. The zero-order valence-corrected chi connectivity index (χ0v) is 33.8. The molecule has 0 saturated carbocycles. The number of hydrogen-bond acceptors (Lipinski definition) is 5. The van der Waals surface area contributed by atoms with Crippen molar-refractivity contribution in [1.82, 2.24) is 16.0 Å². The molecule has 2 aromatic rings. The Bertz CT molecular complexity index is 1860. The Labute approximate surface area is 327 Å². The molecule has 0 fully saturated rings. The third-order valence-corrected chi connectivity index (χ3v) is 11.8. The first kappa shape index (κ1) is 41.4. The number of anilines is 1. The smallest absolute Gasteiger partial charge is 0.303 e. The van der Waals surface area contributed by atoms with Crippen LogP contribution in [0.2, 0.25) is 0 Å². The van der Waals surface area contributed by atoms with Crippen LogP contribution in [0.3, 0.4) is 0 Å². The first-order valence-corrected chi connectivity index (χ1v) is 20.4. The lowest BCUT2D eigenvalue weighted by molar-refractivity contribution is -0.438. The van der Waals surface area contributed by atoms with E-state index in [1.54, 1.807) is 0 Å². The minimum atomic E-state index is -0.974. The first-order chi connectivity index (χ1) is 26.3. The molecule has 10 heteroatoms. The van der Waals surface area contributed by atoms with Crippen LogP contribution in [0.25, 0.3) is 0 Å². The van der Waals surface area contributed by atoms with Gasteiger partial charge in [-0.2, -0.15) is 4.58 Å². The number of amides is 3. The van der Waals surface area contributed by atoms with Crippen LogP contribution in [-0.4, -0.2) is 64.8 Å². The van der Waals surface area contributed by atoms with Gasteiger partial charge in [-0.3, -0.25) is 19.2 Å². The second kappa shape index (κ2) is 18.3. The number of rotatable bonds is 10. The van der Waals surface area contributed by atoms with Gasteiger partial charge in [0.25, 0.3) is 0 Å². The molecule has 5 rings (SSSR count). The molecule has 5 N–H and O–H groups in total. The number of carboxylic acid groups (broad SMARTS) is 1. The molecule has 2 aromatic carbocycles. The molecule has 3 unspecified atom stereocenters. The number of allylic oxidation sites excluding steroid dienone is 4. The minimum Gasteiger partial charge on any atom is -0.481 e. The molecule has 0 radical (unpaired) electrons. The summed E-state index contributed by atoms with van der Waals surface area (Å²) in [7, 11) is 0. The van der Waals surface area contributed by atoms with Crippen LogP contribution in [0.4, 0.5) is 11.4 Å². The number of nitrogens with one attached hydrogen (secondary N) is 4. The molecule has 0 bridgehead atoms. The summed E-state index contributed by atoms with van der Waals surface area (Å²) in [5.41, 5.74) is 8.04. The Morgan fingerprint density at radius 2 is 1.69 bits per heavy atom. The number of nitrogens with zero attached hydrogens (tertiary/aromatic N) is 1. The van der Waals surface area contributed by atoms with Gasteiger partial charge in [-0.1, -0.05) is 61.6 Å². The van der Waals surface area contributed by atoms with Crippen molar-refractivity contribution in [2.24, 2.45) is 5.92 Å². The van der Waals surface area contributed by atoms with Gasteiger partial charge in [0.2, 0.25) is 23.4 Å². The van der Waals surface area contributed by atoms with E-state index in [0.29, 0.717) is 45.1 Å². The van der Waals surface area contributed by atoms with E-state index < -0.39 is 23.3 Å². The fourth-order valence-electron chi connectivity index (χ4n) is 8.49. The van der Waals surface area contributed by atoms with E-state index in [1.807, 2.05) is 0 Å². The summed E-state index contributed by atoms with van der Waals surface area (Å²) in [5.74, 6) is -2.12. The second-order valence-electron chi connectivity index (χ2n) is 16.4. The fourth-order valence-corrected chi connectivity index (χ4v) is 8.49. The Kier molecular flexibility index (Phi) is 13.8. The van der Waals surface area contributed by atoms with E-state index in [2.05, 4.69) is 122 Å². The van der Waals surface area contributed by atoms with Gasteiger partial charge in [0.05, 0.1) is 11.3 Å². The average Bonchev–Trinajstić information content (AvgIpc) is 3.53. The van der Waals surface area contributed by atoms with Crippen LogP contribution >= 0.6 is 0 Å². The topological polar surface area (TPSA) is 140 Å². The van der Waals surface area contributed by atoms with E-state index in [9.17, 15) is 19.2 Å². The SMILES string of the molecule is CCCCC1C(=O)NC(C(=O)NCCCCCC(=O)O)CNC(=O)CCCCC[N+]2=C(/C=C/C=C3\Nc4ccc(C)cc4C31C)C(C)(C)c1cc(C)ccc12. The number of carbonyl (C=O) groups excluding carboxylic acids is 3. The van der Waals surface area contributed by atoms with Gasteiger partial charge >= 0.3 is 5.97 Å². The molecule has 0 spiro atoms. The highest BCUT2D eigenvalue weighted by atomic mass is 16.4. The minimum absolute atomic E-state index is 0.0244. The highest BCUT2D eigenvalue weighted by Gasteiger charge is 2.49. The molecular formula is C45H62N5O5+. The number of carbonyl (C=O) groups is 4. The molecule has 3 aliphatic heterocycles. The van der Waals surface area contributed by atoms with Gasteiger partial charge in [-0.05, 0) is 90.5 Å². The summed E-state index contributed by atoms with van der Waals surface area (Å²) in [4.78, 5) is 52.5. The van der Waals surface area contributed by atoms with Gasteiger partial charge < -0.3 is 26.4 Å². The summed E-state index contributed by atoms with van der Waals surface area (Å²) in [6.45, 7) is 14.2. The van der Waals surface area contributed by atoms with Gasteiger partial charge in [-0.25, -0.2) is 0 Å². The lowest BCUT2D eigenvalue weighted by Gasteiger charge is -2.36. The van der Waals surface area contributed by atoms with Crippen molar-refractivity contribution in [2.75, 3.05) is 25.0 Å². The van der Waals surface area contributed by atoms with Crippen LogP contribution in [0.1, 0.15) is 121 Å². The van der Waals surface area contributed by atoms with E-state index >= 15 is 0 Å². The number of carboxylic acids is 1. The third-order valence-electron chi connectivity index (χ3n) is 11.8. The van der Waals surface area contributed by atoms with Gasteiger partial charge in [0.1, 0.15) is 12.6 Å². The number of aryl methyl sites for hydroxylation is 2. The van der Waals surface area contributed by atoms with E-state index in [1.165, 1.54) is 22.5 Å². The van der Waals surface area contributed by atoms with Crippen molar-refractivity contribution >= 4 is 40.8 Å². The Balaban J connectivity index is 1.53. The van der Waals surface area contributed by atoms with Gasteiger partial charge in [0, 0.05) is 66.9 Å². The van der Waals surface area contributed by atoms with Crippen LogP contribution < -0.4 is 21.3 Å². The lowest BCUT2D eigenvalue weighted by atomic mass is 9.68. The largest absolute Gasteiger partial charge is 0.481 e. The first-order valence-electron chi connectivity index (χ1n) is 20.4. The molecule has 0 aromatic heterocycles. The fraction of sp³-hybridized carbons (Fsp3) is 0.533. The summed E-state index contributed by atoms with van der Waals surface area (Å²) in [6.07, 6.45) is 13.5. The van der Waals surface area contributed by atoms with Crippen LogP contribution in [0, 0.1) is 19.8 Å². The maximum Gasteiger partial charge on any atom is 0.303 e. The molecule has 3 amide bonds. The van der Waals surface area contributed by atoms with Crippen LogP contribution in [-0.2, 0) is 30.0 Å². The Morgan fingerprint density at radius 1 is 0.945 bits per heavy atom. The zero-order chi connectivity index (χ0) is 39.8. The molecule has 3 heterocycles. The Morgan fingerprint density at radius 3 is 2.44 bits per heavy atom. The number of aliphatic carboxylic acids is 1. The van der Waals surface area contributed by atoms with Crippen molar-refractivity contribution in [3.8, 4) is 0 Å². The molecular weight excluding hydrogens is 691 g/mol. The van der Waals surface area contributed by atoms with Gasteiger partial charge in [-0.15, -0.1) is 0 Å². The molecule has 296 valence electrons. The van der Waals surface area contributed by atoms with E-state index in [4.69, 9.17) is 5.11 Å². The predicted octanol–water partition coefficient (Wildman–Crippen LogP) is 7.25. The second-order valence-corrected chi connectivity index (χ2v) is 16.4. The van der Waals surface area contributed by atoms with Crippen molar-refractivity contribution in [2.45, 2.75) is 129 Å². The van der Waals surface area contributed by atoms with Crippen LogP contribution in [0.15, 0.2) is 60.3 Å². The maximum atomic E-state index is 14.7. The molecule has 0 saturated heterocycles. The quantitative estimate of drug-likeness (QED) is 0.128. The monoisotopic (exact) mass is 752 g/mol. The summed E-state index contributed by atoms with van der Waals surface area (Å²) in [5, 5.41) is 21.6. The highest BCUT2D eigenvalue weighted by molar-refractivity contribution is 6.03. The molecule has 3 aliphatic rings. The van der Waals surface area contributed by atoms with E-state index in [0.717, 1.165) is 54.7 Å². The number of benzene rings is 2. The molecule has 0 aliphatic carbocycles. The highest BCUT2D eigenvalue weighted by Crippen LogP contribution is 2.50. The summed E-state index contributed by atoms with van der Waals surface area (Å²) >= 11 is 0. The van der Waals surface area contributed by atoms with Crippen LogP contribution in [0.5, 0.6) is 0 Å². The normalized spacial score (nSPS) is 24.2. The van der Waals surface area contributed by atoms with Crippen molar-refractivity contribution in [1.29, 1.82) is 0 Å². The number of unbranched alkanes of at least 4 members (excludes halogenated alkanes) is 3. The van der Waals surface area contributed by atoms with Gasteiger partial charge in [0.15, 0.2) is 5.71 Å². The standard InChI is InChI=1S/C45H61N5O5/c1-7-8-16-32-42(54)49-36(43(55)46-25-13-9-12-20-41(52)53)29-47-40(51)19-11-10-14-26-50-37-24-22-31(3)28-34(37)44(4,5)39(50)18-15-17-38-45(32,6)33-27-30(2)21-23-35(33)48-38/h15,17-18,21-24,27-28,32,36H,7-14,16,19-20,25-26,29H2,1-6H3,(H4,46,47,49,51,52,53,54,55)/p+1. The van der Waals surface area contributed by atoms with Crippen molar-refractivity contribution < 1.29 is 28.9 Å². The third kappa shape index (κ3) is 9.57.